The first-order valence-corrected chi connectivity index (χ1v) is 6.55. The Morgan fingerprint density at radius 1 is 1.35 bits per heavy atom. The van der Waals surface area contributed by atoms with Gasteiger partial charge in [-0.1, -0.05) is 18.9 Å². The Hall–Kier alpha value is -0.930. The first-order chi connectivity index (χ1) is 8.27. The fourth-order valence-electron chi connectivity index (χ4n) is 2.61. The Balaban J connectivity index is 1.82. The highest BCUT2D eigenvalue weighted by atomic mass is 16.3. The Bertz CT molecular complexity index is 328. The minimum Gasteiger partial charge on any atom is -0.391 e. The van der Waals surface area contributed by atoms with Gasteiger partial charge in [0.1, 0.15) is 0 Å². The zero-order valence-electron chi connectivity index (χ0n) is 10.5. The minimum absolute atomic E-state index is 0.141. The van der Waals surface area contributed by atoms with Gasteiger partial charge in [0.2, 0.25) is 0 Å². The molecule has 94 valence electrons. The van der Waals surface area contributed by atoms with Crippen molar-refractivity contribution in [3.8, 4) is 0 Å². The second kappa shape index (κ2) is 6.12. The molecule has 1 heterocycles. The molecule has 1 saturated carbocycles. The Labute approximate surface area is 103 Å². The van der Waals surface area contributed by atoms with Crippen molar-refractivity contribution in [3.63, 3.8) is 0 Å². The SMILES string of the molecule is CN(CCc1ccccn1)[C@H]1CCCC[C@@H]1O. The van der Waals surface area contributed by atoms with Crippen LogP contribution in [0.2, 0.25) is 0 Å². The molecule has 1 aliphatic rings. The highest BCUT2D eigenvalue weighted by Crippen LogP contribution is 2.22. The smallest absolute Gasteiger partial charge is 0.0695 e. The average molecular weight is 234 g/mol. The van der Waals surface area contributed by atoms with E-state index in [1.54, 1.807) is 0 Å². The lowest BCUT2D eigenvalue weighted by atomic mass is 9.91. The molecule has 0 aliphatic heterocycles. The van der Waals surface area contributed by atoms with E-state index < -0.39 is 0 Å². The summed E-state index contributed by atoms with van der Waals surface area (Å²) < 4.78 is 0. The fourth-order valence-corrected chi connectivity index (χ4v) is 2.61. The third-order valence-electron chi connectivity index (χ3n) is 3.71. The third-order valence-corrected chi connectivity index (χ3v) is 3.71. The molecule has 0 amide bonds. The summed E-state index contributed by atoms with van der Waals surface area (Å²) in [5.74, 6) is 0. The summed E-state index contributed by atoms with van der Waals surface area (Å²) in [6, 6.07) is 6.37. The van der Waals surface area contributed by atoms with Crippen molar-refractivity contribution in [3.05, 3.63) is 30.1 Å². The highest BCUT2D eigenvalue weighted by Gasteiger charge is 2.26. The number of nitrogens with zero attached hydrogens (tertiary/aromatic N) is 2. The average Bonchev–Trinajstić information content (AvgIpc) is 2.38. The third kappa shape index (κ3) is 3.51. The van der Waals surface area contributed by atoms with E-state index in [1.807, 2.05) is 18.3 Å². The monoisotopic (exact) mass is 234 g/mol. The van der Waals surface area contributed by atoms with Crippen molar-refractivity contribution in [1.29, 1.82) is 0 Å². The van der Waals surface area contributed by atoms with E-state index in [1.165, 1.54) is 12.8 Å². The van der Waals surface area contributed by atoms with Crippen molar-refractivity contribution in [2.24, 2.45) is 0 Å². The molecule has 3 heteroatoms. The molecule has 0 spiro atoms. The van der Waals surface area contributed by atoms with E-state index in [-0.39, 0.29) is 6.10 Å². The number of likely N-dealkylation sites (N-methyl/N-ethyl adjacent to an activating group) is 1. The number of pyridine rings is 1. The molecule has 0 unspecified atom stereocenters. The predicted molar refractivity (Wildman–Crippen MR) is 68.8 cm³/mol. The molecule has 0 bridgehead atoms. The molecule has 17 heavy (non-hydrogen) atoms. The van der Waals surface area contributed by atoms with E-state index in [0.29, 0.717) is 6.04 Å². The van der Waals surface area contributed by atoms with Gasteiger partial charge in [0.25, 0.3) is 0 Å². The van der Waals surface area contributed by atoms with Crippen LogP contribution in [-0.2, 0) is 6.42 Å². The summed E-state index contributed by atoms with van der Waals surface area (Å²) >= 11 is 0. The summed E-state index contributed by atoms with van der Waals surface area (Å²) in [6.45, 7) is 0.971. The molecular weight excluding hydrogens is 212 g/mol. The largest absolute Gasteiger partial charge is 0.391 e. The zero-order valence-corrected chi connectivity index (χ0v) is 10.5. The predicted octanol–water partition coefficient (Wildman–Crippen LogP) is 1.86. The van der Waals surface area contributed by atoms with E-state index in [4.69, 9.17) is 0 Å². The van der Waals surface area contributed by atoms with E-state index in [0.717, 1.165) is 31.5 Å². The maximum absolute atomic E-state index is 9.98. The van der Waals surface area contributed by atoms with Gasteiger partial charge in [-0.05, 0) is 32.0 Å². The maximum atomic E-state index is 9.98. The van der Waals surface area contributed by atoms with Crippen LogP contribution < -0.4 is 0 Å². The number of aliphatic hydroxyl groups excluding tert-OH is 1. The standard InChI is InChI=1S/C14H22N2O/c1-16(13-7-2-3-8-14(13)17)11-9-12-6-4-5-10-15-12/h4-6,10,13-14,17H,2-3,7-9,11H2,1H3/t13-,14-/m0/s1. The summed E-state index contributed by atoms with van der Waals surface area (Å²) in [5, 5.41) is 9.98. The van der Waals surface area contributed by atoms with Gasteiger partial charge in [-0.25, -0.2) is 0 Å². The molecule has 0 radical (unpaired) electrons. The summed E-state index contributed by atoms with van der Waals surface area (Å²) in [7, 11) is 2.11. The van der Waals surface area contributed by atoms with Gasteiger partial charge in [-0.2, -0.15) is 0 Å². The fraction of sp³-hybridized carbons (Fsp3) is 0.643. The normalized spacial score (nSPS) is 25.1. The molecular formula is C14H22N2O. The molecule has 0 aromatic carbocycles. The summed E-state index contributed by atoms with van der Waals surface area (Å²) in [4.78, 5) is 6.62. The lowest BCUT2D eigenvalue weighted by Gasteiger charge is -2.35. The van der Waals surface area contributed by atoms with Crippen LogP contribution in [0, 0.1) is 0 Å². The summed E-state index contributed by atoms with van der Waals surface area (Å²) in [6.07, 6.45) is 7.16. The van der Waals surface area contributed by atoms with Crippen LogP contribution >= 0.6 is 0 Å². The zero-order chi connectivity index (χ0) is 12.1. The van der Waals surface area contributed by atoms with Gasteiger partial charge in [-0.15, -0.1) is 0 Å². The van der Waals surface area contributed by atoms with Crippen LogP contribution in [0.25, 0.3) is 0 Å². The lowest BCUT2D eigenvalue weighted by molar-refractivity contribution is 0.0326. The van der Waals surface area contributed by atoms with Crippen molar-refractivity contribution < 1.29 is 5.11 Å². The second-order valence-corrected chi connectivity index (χ2v) is 4.97. The van der Waals surface area contributed by atoms with Crippen LogP contribution in [0.1, 0.15) is 31.4 Å². The molecule has 1 aromatic rings. The first kappa shape index (κ1) is 12.5. The van der Waals surface area contributed by atoms with Crippen molar-refractivity contribution in [1.82, 2.24) is 9.88 Å². The molecule has 0 saturated heterocycles. The maximum Gasteiger partial charge on any atom is 0.0695 e. The van der Waals surface area contributed by atoms with Crippen LogP contribution in [0.15, 0.2) is 24.4 Å². The first-order valence-electron chi connectivity index (χ1n) is 6.55. The van der Waals surface area contributed by atoms with Gasteiger partial charge in [0.15, 0.2) is 0 Å². The Morgan fingerprint density at radius 3 is 2.88 bits per heavy atom. The quantitative estimate of drug-likeness (QED) is 0.864. The number of rotatable bonds is 4. The summed E-state index contributed by atoms with van der Waals surface area (Å²) in [5.41, 5.74) is 1.13. The van der Waals surface area contributed by atoms with Crippen molar-refractivity contribution in [2.45, 2.75) is 44.2 Å². The molecule has 1 aliphatic carbocycles. The van der Waals surface area contributed by atoms with Gasteiger partial charge in [0.05, 0.1) is 6.10 Å². The van der Waals surface area contributed by atoms with Gasteiger partial charge >= 0.3 is 0 Å². The number of aliphatic hydroxyl groups is 1. The van der Waals surface area contributed by atoms with E-state index in [9.17, 15) is 5.11 Å². The van der Waals surface area contributed by atoms with Crippen LogP contribution in [0.3, 0.4) is 0 Å². The van der Waals surface area contributed by atoms with Crippen LogP contribution in [0.4, 0.5) is 0 Å². The Morgan fingerprint density at radius 2 is 2.18 bits per heavy atom. The number of hydrogen-bond acceptors (Lipinski definition) is 3. The second-order valence-electron chi connectivity index (χ2n) is 4.97. The van der Waals surface area contributed by atoms with Gasteiger partial charge in [-0.3, -0.25) is 4.98 Å². The molecule has 1 fully saturated rings. The number of hydrogen-bond donors (Lipinski definition) is 1. The molecule has 2 rings (SSSR count). The van der Waals surface area contributed by atoms with Crippen molar-refractivity contribution in [2.75, 3.05) is 13.6 Å². The molecule has 1 N–H and O–H groups in total. The van der Waals surface area contributed by atoms with Crippen LogP contribution in [0.5, 0.6) is 0 Å². The molecule has 1 aromatic heterocycles. The molecule has 2 atom stereocenters. The van der Waals surface area contributed by atoms with Crippen LogP contribution in [-0.4, -0.2) is 40.7 Å². The lowest BCUT2D eigenvalue weighted by Crippen LogP contribution is -2.44. The highest BCUT2D eigenvalue weighted by molar-refractivity contribution is 5.03. The van der Waals surface area contributed by atoms with Crippen molar-refractivity contribution >= 4 is 0 Å². The topological polar surface area (TPSA) is 36.4 Å². The molecule has 3 nitrogen and oxygen atoms in total. The Kier molecular flexibility index (Phi) is 4.51. The van der Waals surface area contributed by atoms with E-state index >= 15 is 0 Å². The van der Waals surface area contributed by atoms with Gasteiger partial charge in [0, 0.05) is 30.9 Å². The van der Waals surface area contributed by atoms with E-state index in [2.05, 4.69) is 23.0 Å². The number of aromatic nitrogens is 1. The minimum atomic E-state index is -0.141. The van der Waals surface area contributed by atoms with Gasteiger partial charge < -0.3 is 10.0 Å².